The maximum absolute atomic E-state index is 12.4. The number of urea groups is 1. The molecule has 0 bridgehead atoms. The Morgan fingerprint density at radius 3 is 2.05 bits per heavy atom. The highest BCUT2D eigenvalue weighted by molar-refractivity contribution is 5.86. The molecule has 5 nitrogen and oxygen atoms in total. The number of hydrogen-bond donors (Lipinski definition) is 2. The minimum atomic E-state index is -1.16. The Morgan fingerprint density at radius 2 is 1.70 bits per heavy atom. The molecule has 0 aromatic carbocycles. The molecule has 0 aromatic rings. The van der Waals surface area contributed by atoms with E-state index in [0.717, 1.165) is 19.3 Å². The van der Waals surface area contributed by atoms with Gasteiger partial charge in [-0.25, -0.2) is 9.59 Å². The number of carboxylic acid groups (broad SMARTS) is 1. The molecule has 0 aliphatic rings. The van der Waals surface area contributed by atoms with E-state index in [2.05, 4.69) is 12.2 Å². The van der Waals surface area contributed by atoms with Crippen molar-refractivity contribution >= 4 is 12.0 Å². The minimum absolute atomic E-state index is 0.0621. The van der Waals surface area contributed by atoms with E-state index in [4.69, 9.17) is 0 Å². The maximum Gasteiger partial charge on any atom is 0.329 e. The van der Waals surface area contributed by atoms with E-state index in [1.807, 2.05) is 13.8 Å². The van der Waals surface area contributed by atoms with Crippen molar-refractivity contribution < 1.29 is 14.7 Å². The van der Waals surface area contributed by atoms with E-state index in [0.29, 0.717) is 19.4 Å². The molecule has 0 spiro atoms. The van der Waals surface area contributed by atoms with Crippen LogP contribution in [0.25, 0.3) is 0 Å². The van der Waals surface area contributed by atoms with Gasteiger partial charge in [-0.1, -0.05) is 33.6 Å². The van der Waals surface area contributed by atoms with Gasteiger partial charge in [0, 0.05) is 12.6 Å². The van der Waals surface area contributed by atoms with Crippen molar-refractivity contribution in [2.75, 3.05) is 6.54 Å². The summed E-state index contributed by atoms with van der Waals surface area (Å²) in [7, 11) is 0. The molecule has 0 unspecified atom stereocenters. The normalized spacial score (nSPS) is 11.5. The van der Waals surface area contributed by atoms with Crippen LogP contribution >= 0.6 is 0 Å². The number of aliphatic carboxylic acids is 1. The molecule has 2 amide bonds. The van der Waals surface area contributed by atoms with Crippen LogP contribution in [0.3, 0.4) is 0 Å². The first-order valence-corrected chi connectivity index (χ1v) is 7.66. The third-order valence-corrected chi connectivity index (χ3v) is 3.85. The van der Waals surface area contributed by atoms with E-state index in [1.165, 1.54) is 0 Å². The number of carboxylic acids is 1. The second-order valence-electron chi connectivity index (χ2n) is 5.52. The Labute approximate surface area is 122 Å². The summed E-state index contributed by atoms with van der Waals surface area (Å²) >= 11 is 0. The van der Waals surface area contributed by atoms with Crippen molar-refractivity contribution in [1.29, 1.82) is 0 Å². The predicted molar refractivity (Wildman–Crippen MR) is 80.8 cm³/mol. The van der Waals surface area contributed by atoms with Crippen LogP contribution in [0.5, 0.6) is 0 Å². The van der Waals surface area contributed by atoms with Gasteiger partial charge in [-0.2, -0.15) is 0 Å². The van der Waals surface area contributed by atoms with Crippen molar-refractivity contribution in [3.63, 3.8) is 0 Å². The van der Waals surface area contributed by atoms with Crippen LogP contribution in [0.1, 0.15) is 66.7 Å². The van der Waals surface area contributed by atoms with Gasteiger partial charge in [0.25, 0.3) is 0 Å². The summed E-state index contributed by atoms with van der Waals surface area (Å²) in [5, 5.41) is 12.1. The van der Waals surface area contributed by atoms with Crippen LogP contribution < -0.4 is 5.32 Å². The van der Waals surface area contributed by atoms with Crippen molar-refractivity contribution in [2.24, 2.45) is 0 Å². The summed E-state index contributed by atoms with van der Waals surface area (Å²) in [5.41, 5.74) is -1.16. The molecule has 5 heteroatoms. The van der Waals surface area contributed by atoms with Gasteiger partial charge in [0.05, 0.1) is 0 Å². The molecule has 0 fully saturated rings. The highest BCUT2D eigenvalue weighted by Crippen LogP contribution is 2.17. The SMILES string of the molecule is CCCCCN(C(=O)NC(CC)(CC)C(=O)O)C(C)C. The van der Waals surface area contributed by atoms with E-state index in [-0.39, 0.29) is 12.1 Å². The van der Waals surface area contributed by atoms with Crippen LogP contribution in [0.2, 0.25) is 0 Å². The molecule has 0 rings (SSSR count). The summed E-state index contributed by atoms with van der Waals surface area (Å²) in [4.78, 5) is 25.5. The molecule has 0 aliphatic heterocycles. The Balaban J connectivity index is 4.85. The lowest BCUT2D eigenvalue weighted by molar-refractivity contribution is -0.144. The summed E-state index contributed by atoms with van der Waals surface area (Å²) in [5.74, 6) is -0.965. The Kier molecular flexibility index (Phi) is 8.26. The first kappa shape index (κ1) is 18.7. The predicted octanol–water partition coefficient (Wildman–Crippen LogP) is 3.24. The summed E-state index contributed by atoms with van der Waals surface area (Å²) in [6.45, 7) is 10.3. The molecule has 118 valence electrons. The molecule has 0 saturated heterocycles. The number of hydrogen-bond acceptors (Lipinski definition) is 2. The largest absolute Gasteiger partial charge is 0.480 e. The number of amides is 2. The minimum Gasteiger partial charge on any atom is -0.480 e. The lowest BCUT2D eigenvalue weighted by Crippen LogP contribution is -2.58. The first-order valence-electron chi connectivity index (χ1n) is 7.66. The topological polar surface area (TPSA) is 69.6 Å². The fraction of sp³-hybridized carbons (Fsp3) is 0.867. The van der Waals surface area contributed by atoms with Crippen LogP contribution in [-0.4, -0.2) is 40.1 Å². The van der Waals surface area contributed by atoms with E-state index in [1.54, 1.807) is 18.7 Å². The van der Waals surface area contributed by atoms with Crippen LogP contribution in [-0.2, 0) is 4.79 Å². The van der Waals surface area contributed by atoms with Crippen LogP contribution in [0, 0.1) is 0 Å². The van der Waals surface area contributed by atoms with Gasteiger partial charge in [0.2, 0.25) is 0 Å². The second kappa shape index (κ2) is 8.82. The Morgan fingerprint density at radius 1 is 1.15 bits per heavy atom. The van der Waals surface area contributed by atoms with Crippen molar-refractivity contribution in [1.82, 2.24) is 10.2 Å². The quantitative estimate of drug-likeness (QED) is 0.639. The maximum atomic E-state index is 12.4. The first-order chi connectivity index (χ1) is 9.34. The molecule has 0 radical (unpaired) electrons. The zero-order valence-electron chi connectivity index (χ0n) is 13.5. The Bertz CT molecular complexity index is 312. The van der Waals surface area contributed by atoms with Gasteiger partial charge in [0.15, 0.2) is 0 Å². The van der Waals surface area contributed by atoms with E-state index in [9.17, 15) is 14.7 Å². The fourth-order valence-corrected chi connectivity index (χ4v) is 2.19. The van der Waals surface area contributed by atoms with Gasteiger partial charge in [-0.05, 0) is 33.1 Å². The van der Waals surface area contributed by atoms with Gasteiger partial charge >= 0.3 is 12.0 Å². The average molecular weight is 286 g/mol. The number of nitrogens with one attached hydrogen (secondary N) is 1. The number of nitrogens with zero attached hydrogens (tertiary/aromatic N) is 1. The van der Waals surface area contributed by atoms with Gasteiger partial charge in [-0.15, -0.1) is 0 Å². The lowest BCUT2D eigenvalue weighted by Gasteiger charge is -2.34. The molecule has 0 aromatic heterocycles. The standard InChI is InChI=1S/C15H30N2O3/c1-6-9-10-11-17(12(4)5)14(20)16-15(7-2,8-3)13(18)19/h12H,6-11H2,1-5H3,(H,16,20)(H,18,19). The van der Waals surface area contributed by atoms with E-state index < -0.39 is 11.5 Å². The smallest absolute Gasteiger partial charge is 0.329 e. The molecule has 0 heterocycles. The monoisotopic (exact) mass is 286 g/mol. The van der Waals surface area contributed by atoms with Gasteiger partial charge in [0.1, 0.15) is 5.54 Å². The zero-order chi connectivity index (χ0) is 15.8. The van der Waals surface area contributed by atoms with Gasteiger partial charge in [-0.3, -0.25) is 0 Å². The molecule has 2 N–H and O–H groups in total. The van der Waals surface area contributed by atoms with Crippen LogP contribution in [0.4, 0.5) is 4.79 Å². The molecule has 0 aliphatic carbocycles. The molecule has 0 atom stereocenters. The number of carbonyl (C=O) groups is 2. The van der Waals surface area contributed by atoms with Crippen molar-refractivity contribution in [2.45, 2.75) is 78.3 Å². The van der Waals surface area contributed by atoms with E-state index >= 15 is 0 Å². The molecule has 0 saturated carbocycles. The molecular weight excluding hydrogens is 256 g/mol. The van der Waals surface area contributed by atoms with Crippen molar-refractivity contribution in [3.8, 4) is 0 Å². The zero-order valence-corrected chi connectivity index (χ0v) is 13.5. The third kappa shape index (κ3) is 5.02. The highest BCUT2D eigenvalue weighted by Gasteiger charge is 2.37. The summed E-state index contributed by atoms with van der Waals surface area (Å²) in [6.07, 6.45) is 3.87. The third-order valence-electron chi connectivity index (χ3n) is 3.85. The van der Waals surface area contributed by atoms with Crippen molar-refractivity contribution in [3.05, 3.63) is 0 Å². The molecule has 20 heavy (non-hydrogen) atoms. The highest BCUT2D eigenvalue weighted by atomic mass is 16.4. The average Bonchev–Trinajstić information content (AvgIpc) is 2.40. The number of carbonyl (C=O) groups excluding carboxylic acids is 1. The molecular formula is C15H30N2O3. The number of rotatable bonds is 9. The lowest BCUT2D eigenvalue weighted by atomic mass is 9.93. The van der Waals surface area contributed by atoms with Gasteiger partial charge < -0.3 is 15.3 Å². The number of unbranched alkanes of at least 4 members (excludes halogenated alkanes) is 2. The summed E-state index contributed by atoms with van der Waals surface area (Å²) in [6, 6.07) is -0.214. The summed E-state index contributed by atoms with van der Waals surface area (Å²) < 4.78 is 0. The van der Waals surface area contributed by atoms with Crippen LogP contribution in [0.15, 0.2) is 0 Å². The second-order valence-corrected chi connectivity index (χ2v) is 5.52. The fourth-order valence-electron chi connectivity index (χ4n) is 2.19. The Hall–Kier alpha value is -1.26.